The van der Waals surface area contributed by atoms with E-state index in [-0.39, 0.29) is 5.22 Å². The first kappa shape index (κ1) is 12.2. The fourth-order valence-corrected chi connectivity index (χ4v) is 2.03. The molecule has 1 aromatic heterocycles. The minimum absolute atomic E-state index is 0.266. The summed E-state index contributed by atoms with van der Waals surface area (Å²) in [6.07, 6.45) is 2.44. The molecule has 0 amide bonds. The summed E-state index contributed by atoms with van der Waals surface area (Å²) in [6.45, 7) is 2.12. The first-order valence-electron chi connectivity index (χ1n) is 5.69. The van der Waals surface area contributed by atoms with Crippen molar-refractivity contribution in [1.29, 1.82) is 0 Å². The maximum Gasteiger partial charge on any atom is 0.198 e. The van der Waals surface area contributed by atoms with Crippen LogP contribution in [0, 0.1) is 0 Å². The summed E-state index contributed by atoms with van der Waals surface area (Å²) in [7, 11) is 0. The number of aliphatic hydroxyl groups excluding tert-OH is 1. The van der Waals surface area contributed by atoms with Crippen LogP contribution < -0.4 is 0 Å². The van der Waals surface area contributed by atoms with E-state index in [0.29, 0.717) is 12.0 Å². The van der Waals surface area contributed by atoms with Crippen molar-refractivity contribution < 1.29 is 9.52 Å². The van der Waals surface area contributed by atoms with Gasteiger partial charge >= 0.3 is 0 Å². The van der Waals surface area contributed by atoms with Crippen LogP contribution in [-0.4, -0.2) is 5.11 Å². The Morgan fingerprint density at radius 1 is 1.18 bits per heavy atom. The fraction of sp³-hybridized carbons (Fsp3) is 0.286. The average molecular weight is 251 g/mol. The van der Waals surface area contributed by atoms with Gasteiger partial charge < -0.3 is 9.52 Å². The Kier molecular flexibility index (Phi) is 3.87. The van der Waals surface area contributed by atoms with Gasteiger partial charge in [0.25, 0.3) is 0 Å². The van der Waals surface area contributed by atoms with E-state index in [4.69, 9.17) is 16.0 Å². The molecule has 0 saturated carbocycles. The Morgan fingerprint density at radius 2 is 1.82 bits per heavy atom. The van der Waals surface area contributed by atoms with E-state index < -0.39 is 6.10 Å². The second kappa shape index (κ2) is 5.39. The van der Waals surface area contributed by atoms with Crippen molar-refractivity contribution in [2.45, 2.75) is 25.9 Å². The molecule has 1 heterocycles. The highest BCUT2D eigenvalue weighted by Gasteiger charge is 2.14. The van der Waals surface area contributed by atoms with Crippen molar-refractivity contribution in [3.63, 3.8) is 0 Å². The minimum Gasteiger partial charge on any atom is -0.453 e. The topological polar surface area (TPSA) is 33.4 Å². The van der Waals surface area contributed by atoms with Gasteiger partial charge in [0, 0.05) is 12.0 Å². The zero-order valence-corrected chi connectivity index (χ0v) is 10.4. The monoisotopic (exact) mass is 250 g/mol. The molecule has 0 aliphatic carbocycles. The molecule has 0 aliphatic rings. The highest BCUT2D eigenvalue weighted by Crippen LogP contribution is 2.26. The van der Waals surface area contributed by atoms with Crippen LogP contribution in [0.5, 0.6) is 0 Å². The van der Waals surface area contributed by atoms with Gasteiger partial charge in [-0.05, 0) is 35.2 Å². The molecule has 0 spiro atoms. The Labute approximate surface area is 106 Å². The van der Waals surface area contributed by atoms with Crippen molar-refractivity contribution in [3.8, 4) is 0 Å². The summed E-state index contributed by atoms with van der Waals surface area (Å²) >= 11 is 5.82. The smallest absolute Gasteiger partial charge is 0.198 e. The summed E-state index contributed by atoms with van der Waals surface area (Å²) in [5.41, 5.74) is 3.03. The molecule has 2 aromatic rings. The molecule has 0 radical (unpaired) electrons. The number of aryl methyl sites for hydroxylation is 1. The van der Waals surface area contributed by atoms with Gasteiger partial charge in [0.15, 0.2) is 5.22 Å². The third-order valence-electron chi connectivity index (χ3n) is 2.87. The molecule has 3 heteroatoms. The van der Waals surface area contributed by atoms with Crippen LogP contribution in [0.3, 0.4) is 0 Å². The van der Waals surface area contributed by atoms with Crippen LogP contribution in [-0.2, 0) is 12.8 Å². The lowest BCUT2D eigenvalue weighted by atomic mass is 10.0. The normalized spacial score (nSPS) is 12.6. The molecule has 2 rings (SSSR count). The molecule has 0 aliphatic heterocycles. The highest BCUT2D eigenvalue weighted by atomic mass is 35.5. The Hall–Kier alpha value is -1.25. The molecular weight excluding hydrogens is 236 g/mol. The summed E-state index contributed by atoms with van der Waals surface area (Å²) in [5.74, 6) is 0. The van der Waals surface area contributed by atoms with Crippen molar-refractivity contribution in [2.24, 2.45) is 0 Å². The maximum absolute atomic E-state index is 10.0. The molecule has 1 aromatic carbocycles. The first-order chi connectivity index (χ1) is 8.20. The van der Waals surface area contributed by atoms with Crippen LogP contribution in [0.25, 0.3) is 0 Å². The summed E-state index contributed by atoms with van der Waals surface area (Å²) < 4.78 is 4.97. The highest BCUT2D eigenvalue weighted by molar-refractivity contribution is 6.29. The van der Waals surface area contributed by atoms with Gasteiger partial charge in [-0.2, -0.15) is 0 Å². The molecule has 1 atom stereocenters. The zero-order chi connectivity index (χ0) is 12.3. The van der Waals surface area contributed by atoms with Crippen LogP contribution in [0.2, 0.25) is 5.22 Å². The minimum atomic E-state index is -0.617. The van der Waals surface area contributed by atoms with Crippen LogP contribution in [0.15, 0.2) is 41.0 Å². The van der Waals surface area contributed by atoms with Crippen LogP contribution in [0.4, 0.5) is 0 Å². The summed E-state index contributed by atoms with van der Waals surface area (Å²) in [5, 5.41) is 10.3. The van der Waals surface area contributed by atoms with E-state index in [9.17, 15) is 5.11 Å². The lowest BCUT2D eigenvalue weighted by molar-refractivity contribution is 0.177. The van der Waals surface area contributed by atoms with Crippen molar-refractivity contribution in [1.82, 2.24) is 0 Å². The largest absolute Gasteiger partial charge is 0.453 e. The number of hydrogen-bond donors (Lipinski definition) is 1. The van der Waals surface area contributed by atoms with Gasteiger partial charge in [0.1, 0.15) is 0 Å². The zero-order valence-electron chi connectivity index (χ0n) is 9.69. The van der Waals surface area contributed by atoms with E-state index in [2.05, 4.69) is 19.1 Å². The standard InChI is InChI=1S/C14H15ClO2/c1-2-10-3-5-11(6-4-10)9-13(16)12-7-8-17-14(12)15/h3-8,13,16H,2,9H2,1H3. The fourth-order valence-electron chi connectivity index (χ4n) is 1.79. The Balaban J connectivity index is 2.07. The average Bonchev–Trinajstić information content (AvgIpc) is 2.76. The van der Waals surface area contributed by atoms with E-state index in [0.717, 1.165) is 12.0 Å². The van der Waals surface area contributed by atoms with Gasteiger partial charge in [-0.3, -0.25) is 0 Å². The third kappa shape index (κ3) is 2.90. The van der Waals surface area contributed by atoms with Gasteiger partial charge in [0.05, 0.1) is 12.4 Å². The van der Waals surface area contributed by atoms with Gasteiger partial charge in [-0.15, -0.1) is 0 Å². The lowest BCUT2D eigenvalue weighted by Gasteiger charge is -2.09. The number of furan rings is 1. The molecule has 1 unspecified atom stereocenters. The lowest BCUT2D eigenvalue weighted by Crippen LogP contribution is -2.01. The molecule has 0 saturated heterocycles. The second-order valence-electron chi connectivity index (χ2n) is 4.04. The Morgan fingerprint density at radius 3 is 2.35 bits per heavy atom. The van der Waals surface area contributed by atoms with Gasteiger partial charge in [0.2, 0.25) is 0 Å². The molecule has 90 valence electrons. The number of hydrogen-bond acceptors (Lipinski definition) is 2. The molecule has 2 nitrogen and oxygen atoms in total. The van der Waals surface area contributed by atoms with Crippen molar-refractivity contribution in [3.05, 3.63) is 58.5 Å². The number of halogens is 1. The molecule has 0 bridgehead atoms. The molecule has 1 N–H and O–H groups in total. The number of benzene rings is 1. The molecule has 0 fully saturated rings. The first-order valence-corrected chi connectivity index (χ1v) is 6.07. The van der Waals surface area contributed by atoms with Gasteiger partial charge in [-0.25, -0.2) is 0 Å². The van der Waals surface area contributed by atoms with E-state index >= 15 is 0 Å². The summed E-state index contributed by atoms with van der Waals surface area (Å²) in [4.78, 5) is 0. The Bertz CT molecular complexity index is 473. The van der Waals surface area contributed by atoms with E-state index in [1.165, 1.54) is 11.8 Å². The summed E-state index contributed by atoms with van der Waals surface area (Å²) in [6, 6.07) is 9.94. The predicted octanol–water partition coefficient (Wildman–Crippen LogP) is 3.77. The van der Waals surface area contributed by atoms with Crippen LogP contribution in [0.1, 0.15) is 29.7 Å². The van der Waals surface area contributed by atoms with E-state index in [1.807, 2.05) is 12.1 Å². The maximum atomic E-state index is 10.0. The molecule has 17 heavy (non-hydrogen) atoms. The van der Waals surface area contributed by atoms with Crippen LogP contribution >= 0.6 is 11.6 Å². The third-order valence-corrected chi connectivity index (χ3v) is 3.17. The second-order valence-corrected chi connectivity index (χ2v) is 4.38. The molecular formula is C14H15ClO2. The number of aliphatic hydroxyl groups is 1. The SMILES string of the molecule is CCc1ccc(CC(O)c2ccoc2Cl)cc1. The van der Waals surface area contributed by atoms with E-state index in [1.54, 1.807) is 6.07 Å². The number of rotatable bonds is 4. The van der Waals surface area contributed by atoms with Crippen molar-refractivity contribution >= 4 is 11.6 Å². The predicted molar refractivity (Wildman–Crippen MR) is 68.2 cm³/mol. The van der Waals surface area contributed by atoms with Gasteiger partial charge in [-0.1, -0.05) is 31.2 Å². The quantitative estimate of drug-likeness (QED) is 0.896. The van der Waals surface area contributed by atoms with Crippen molar-refractivity contribution in [2.75, 3.05) is 0 Å².